The van der Waals surface area contributed by atoms with Gasteiger partial charge in [-0.15, -0.1) is 0 Å². The molecule has 2 N–H and O–H groups in total. The van der Waals surface area contributed by atoms with E-state index in [1.807, 2.05) is 0 Å². The van der Waals surface area contributed by atoms with Gasteiger partial charge in [-0.3, -0.25) is 0 Å². The van der Waals surface area contributed by atoms with E-state index < -0.39 is 0 Å². The monoisotopic (exact) mass is 365 g/mol. The van der Waals surface area contributed by atoms with Gasteiger partial charge in [0.25, 0.3) is 0 Å². The van der Waals surface area contributed by atoms with Crippen LogP contribution in [0.4, 0.5) is 0 Å². The molecule has 1 unspecified atom stereocenters. The van der Waals surface area contributed by atoms with Crippen molar-refractivity contribution < 1.29 is 0 Å². The van der Waals surface area contributed by atoms with Gasteiger partial charge in [0.15, 0.2) is 0 Å². The summed E-state index contributed by atoms with van der Waals surface area (Å²) in [6.07, 6.45) is 3.94. The minimum atomic E-state index is 0.230. The maximum absolute atomic E-state index is 6.24. The van der Waals surface area contributed by atoms with Gasteiger partial charge in [-0.05, 0) is 65.1 Å². The van der Waals surface area contributed by atoms with Crippen molar-refractivity contribution in [2.24, 2.45) is 11.7 Å². The van der Waals surface area contributed by atoms with E-state index in [1.165, 1.54) is 28.4 Å². The molecule has 0 spiro atoms. The first-order chi connectivity index (χ1) is 6.68. The maximum atomic E-state index is 6.24. The summed E-state index contributed by atoms with van der Waals surface area (Å²) < 4.78 is 2.41. The van der Waals surface area contributed by atoms with Crippen molar-refractivity contribution in [3.63, 3.8) is 0 Å². The molecule has 0 aliphatic heterocycles. The summed E-state index contributed by atoms with van der Waals surface area (Å²) in [5, 5.41) is 0. The topological polar surface area (TPSA) is 26.0 Å². The largest absolute Gasteiger partial charge is 0.324 e. The Bertz CT molecular complexity index is 336. The number of benzene rings is 1. The molecule has 1 aliphatic carbocycles. The summed E-state index contributed by atoms with van der Waals surface area (Å²) in [7, 11) is 0. The summed E-state index contributed by atoms with van der Waals surface area (Å²) in [4.78, 5) is 0. The zero-order valence-corrected chi connectivity index (χ0v) is 11.6. The molecule has 0 amide bonds. The molecule has 1 fully saturated rings. The lowest BCUT2D eigenvalue weighted by atomic mass is 9.78. The van der Waals surface area contributed by atoms with Gasteiger partial charge in [-0.1, -0.05) is 22.4 Å². The summed E-state index contributed by atoms with van der Waals surface area (Å²) in [6.45, 7) is 0. The van der Waals surface area contributed by atoms with Crippen molar-refractivity contribution in [2.75, 3.05) is 0 Å². The van der Waals surface area contributed by atoms with Gasteiger partial charge >= 0.3 is 0 Å². The van der Waals surface area contributed by atoms with E-state index in [2.05, 4.69) is 56.7 Å². The molecule has 0 radical (unpaired) electrons. The predicted octanol–water partition coefficient (Wildman–Crippen LogP) is 3.85. The minimum Gasteiger partial charge on any atom is -0.324 e. The molecule has 0 bridgehead atoms. The van der Waals surface area contributed by atoms with E-state index in [0.29, 0.717) is 5.92 Å². The second kappa shape index (κ2) is 4.49. The Kier molecular flexibility index (Phi) is 3.50. The fourth-order valence-electron chi connectivity index (χ4n) is 1.82. The lowest BCUT2D eigenvalue weighted by Gasteiger charge is -2.32. The van der Waals surface area contributed by atoms with Crippen LogP contribution in [0.3, 0.4) is 0 Å². The van der Waals surface area contributed by atoms with Crippen LogP contribution in [0.5, 0.6) is 0 Å². The molecule has 14 heavy (non-hydrogen) atoms. The Morgan fingerprint density at radius 1 is 1.43 bits per heavy atom. The Balaban J connectivity index is 2.24. The van der Waals surface area contributed by atoms with Gasteiger partial charge in [0.2, 0.25) is 0 Å². The molecule has 76 valence electrons. The molecule has 0 saturated heterocycles. The Morgan fingerprint density at radius 2 is 2.14 bits per heavy atom. The average molecular weight is 366 g/mol. The van der Waals surface area contributed by atoms with E-state index in [-0.39, 0.29) is 6.04 Å². The summed E-state index contributed by atoms with van der Waals surface area (Å²) in [5.41, 5.74) is 7.54. The Labute approximate surface area is 107 Å². The van der Waals surface area contributed by atoms with Crippen molar-refractivity contribution in [3.05, 3.63) is 31.8 Å². The third-order valence-corrected chi connectivity index (χ3v) is 4.45. The highest BCUT2D eigenvalue weighted by atomic mass is 127. The minimum absolute atomic E-state index is 0.230. The van der Waals surface area contributed by atoms with Gasteiger partial charge in [0.05, 0.1) is 0 Å². The van der Waals surface area contributed by atoms with Gasteiger partial charge in [0.1, 0.15) is 0 Å². The quantitative estimate of drug-likeness (QED) is 0.791. The number of hydrogen-bond donors (Lipinski definition) is 1. The highest BCUT2D eigenvalue weighted by Crippen LogP contribution is 2.38. The first-order valence-corrected chi connectivity index (χ1v) is 6.76. The van der Waals surface area contributed by atoms with Gasteiger partial charge < -0.3 is 5.73 Å². The van der Waals surface area contributed by atoms with Crippen LogP contribution in [-0.4, -0.2) is 0 Å². The van der Waals surface area contributed by atoms with Crippen LogP contribution in [0.15, 0.2) is 22.7 Å². The van der Waals surface area contributed by atoms with Crippen molar-refractivity contribution in [1.29, 1.82) is 0 Å². The van der Waals surface area contributed by atoms with E-state index in [1.54, 1.807) is 0 Å². The first-order valence-electron chi connectivity index (χ1n) is 4.89. The number of rotatable bonds is 2. The molecule has 1 atom stereocenters. The normalized spacial score (nSPS) is 19.1. The third kappa shape index (κ3) is 2.14. The molecule has 1 aromatic rings. The highest BCUT2D eigenvalue weighted by molar-refractivity contribution is 14.1. The molecule has 2 rings (SSSR count). The summed E-state index contributed by atoms with van der Waals surface area (Å²) in [6, 6.07) is 6.58. The molecule has 0 aromatic heterocycles. The van der Waals surface area contributed by atoms with Gasteiger partial charge in [-0.2, -0.15) is 0 Å². The maximum Gasteiger partial charge on any atom is 0.0334 e. The van der Waals surface area contributed by atoms with Crippen LogP contribution in [0.1, 0.15) is 30.9 Å². The average Bonchev–Trinajstić information content (AvgIpc) is 2.06. The zero-order valence-electron chi connectivity index (χ0n) is 7.84. The predicted molar refractivity (Wildman–Crippen MR) is 71.1 cm³/mol. The number of halogens is 2. The number of nitrogens with two attached hydrogens (primary N) is 1. The summed E-state index contributed by atoms with van der Waals surface area (Å²) >= 11 is 5.86. The molecule has 1 aliphatic rings. The molecular weight excluding hydrogens is 353 g/mol. The van der Waals surface area contributed by atoms with Gasteiger partial charge in [0, 0.05) is 14.1 Å². The van der Waals surface area contributed by atoms with Crippen LogP contribution < -0.4 is 5.73 Å². The molecule has 1 saturated carbocycles. The van der Waals surface area contributed by atoms with Crippen LogP contribution in [-0.2, 0) is 0 Å². The van der Waals surface area contributed by atoms with Crippen LogP contribution in [0, 0.1) is 9.49 Å². The number of hydrogen-bond acceptors (Lipinski definition) is 1. The van der Waals surface area contributed by atoms with E-state index in [0.717, 1.165) is 4.47 Å². The van der Waals surface area contributed by atoms with Crippen molar-refractivity contribution >= 4 is 38.5 Å². The standard InChI is InChI=1S/C11H13BrIN/c12-8-4-5-10(13)9(6-8)11(14)7-2-1-3-7/h4-7,11H,1-3,14H2. The third-order valence-electron chi connectivity index (χ3n) is 2.97. The molecule has 0 heterocycles. The lowest BCUT2D eigenvalue weighted by Crippen LogP contribution is -2.27. The van der Waals surface area contributed by atoms with Crippen LogP contribution in [0.25, 0.3) is 0 Å². The van der Waals surface area contributed by atoms with E-state index in [4.69, 9.17) is 5.73 Å². The van der Waals surface area contributed by atoms with Crippen molar-refractivity contribution in [1.82, 2.24) is 0 Å². The molecule has 1 aromatic carbocycles. The Hall–Kier alpha value is 0.390. The van der Waals surface area contributed by atoms with E-state index in [9.17, 15) is 0 Å². The fourth-order valence-corrected chi connectivity index (χ4v) is 2.90. The lowest BCUT2D eigenvalue weighted by molar-refractivity contribution is 0.264. The van der Waals surface area contributed by atoms with Crippen molar-refractivity contribution in [3.8, 4) is 0 Å². The van der Waals surface area contributed by atoms with Crippen molar-refractivity contribution in [2.45, 2.75) is 25.3 Å². The van der Waals surface area contributed by atoms with Gasteiger partial charge in [-0.25, -0.2) is 0 Å². The van der Waals surface area contributed by atoms with Crippen LogP contribution >= 0.6 is 38.5 Å². The molecule has 3 heteroatoms. The summed E-state index contributed by atoms with van der Waals surface area (Å²) in [5.74, 6) is 0.706. The smallest absolute Gasteiger partial charge is 0.0334 e. The second-order valence-corrected chi connectivity index (χ2v) is 5.96. The Morgan fingerprint density at radius 3 is 2.71 bits per heavy atom. The first kappa shape index (κ1) is 10.9. The highest BCUT2D eigenvalue weighted by Gasteiger charge is 2.26. The molecular formula is C11H13BrIN. The van der Waals surface area contributed by atoms with Crippen LogP contribution in [0.2, 0.25) is 0 Å². The fraction of sp³-hybridized carbons (Fsp3) is 0.455. The molecule has 1 nitrogen and oxygen atoms in total. The van der Waals surface area contributed by atoms with E-state index >= 15 is 0 Å². The second-order valence-electron chi connectivity index (χ2n) is 3.88. The SMILES string of the molecule is NC(c1cc(Br)ccc1I)C1CCC1. The zero-order chi connectivity index (χ0) is 10.1.